The number of nitrogens with one attached hydrogen (secondary N) is 2. The van der Waals surface area contributed by atoms with Crippen LogP contribution in [0.3, 0.4) is 0 Å². The van der Waals surface area contributed by atoms with E-state index in [1.165, 1.54) is 31.5 Å². The van der Waals surface area contributed by atoms with E-state index in [-0.39, 0.29) is 16.9 Å². The molecule has 0 saturated heterocycles. The number of aliphatic hydroxyl groups is 1. The summed E-state index contributed by atoms with van der Waals surface area (Å²) in [7, 11) is 1.19. The number of methoxy groups -OCH3 is 1. The predicted octanol–water partition coefficient (Wildman–Crippen LogP) is 2.87. The SMILES string of the molecule is COC(=O)c1cc2[nH]ncc2cc1NC(O)c1cccc(C(F)(F)F)n1. The number of aromatic amines is 1. The number of hydrogen-bond acceptors (Lipinski definition) is 6. The fourth-order valence-electron chi connectivity index (χ4n) is 2.37. The second kappa shape index (κ2) is 6.64. The summed E-state index contributed by atoms with van der Waals surface area (Å²) in [5, 5.41) is 20.0. The highest BCUT2D eigenvalue weighted by Gasteiger charge is 2.33. The van der Waals surface area contributed by atoms with Gasteiger partial charge in [-0.2, -0.15) is 18.3 Å². The molecule has 3 rings (SSSR count). The van der Waals surface area contributed by atoms with E-state index in [9.17, 15) is 23.1 Å². The van der Waals surface area contributed by atoms with Crippen LogP contribution in [0.2, 0.25) is 0 Å². The van der Waals surface area contributed by atoms with Crippen LogP contribution in [0.15, 0.2) is 36.5 Å². The van der Waals surface area contributed by atoms with Crippen LogP contribution in [-0.2, 0) is 10.9 Å². The van der Waals surface area contributed by atoms with Gasteiger partial charge in [0.2, 0.25) is 0 Å². The number of halogens is 3. The quantitative estimate of drug-likeness (QED) is 0.485. The van der Waals surface area contributed by atoms with E-state index in [0.717, 1.165) is 12.1 Å². The molecule has 0 aliphatic carbocycles. The molecule has 0 fully saturated rings. The molecule has 0 spiro atoms. The van der Waals surface area contributed by atoms with Gasteiger partial charge in [0.15, 0.2) is 6.23 Å². The molecule has 0 amide bonds. The summed E-state index contributed by atoms with van der Waals surface area (Å²) in [6, 6.07) is 6.15. The minimum atomic E-state index is -4.64. The van der Waals surface area contributed by atoms with E-state index in [1.54, 1.807) is 0 Å². The molecule has 0 aliphatic heterocycles. The maximum Gasteiger partial charge on any atom is 0.433 e. The molecule has 3 N–H and O–H groups in total. The summed E-state index contributed by atoms with van der Waals surface area (Å²) < 4.78 is 43.0. The number of H-pyrrole nitrogens is 1. The van der Waals surface area contributed by atoms with E-state index in [0.29, 0.717) is 10.9 Å². The molecule has 1 unspecified atom stereocenters. The minimum Gasteiger partial charge on any atom is -0.465 e. The van der Waals surface area contributed by atoms with E-state index in [4.69, 9.17) is 4.74 Å². The number of nitrogens with zero attached hydrogens (tertiary/aromatic N) is 2. The number of carbonyl (C=O) groups is 1. The smallest absolute Gasteiger partial charge is 0.433 e. The topological polar surface area (TPSA) is 100 Å². The minimum absolute atomic E-state index is 0.0790. The van der Waals surface area contributed by atoms with Gasteiger partial charge in [0, 0.05) is 5.39 Å². The standard InChI is InChI=1S/C16H13F3N4O3/c1-26-15(25)9-6-11-8(7-20-23-11)5-12(9)22-14(24)10-3-2-4-13(21-10)16(17,18)19/h2-7,14,22,24H,1H3,(H,20,23). The van der Waals surface area contributed by atoms with Gasteiger partial charge < -0.3 is 15.2 Å². The van der Waals surface area contributed by atoms with E-state index in [2.05, 4.69) is 20.5 Å². The lowest BCUT2D eigenvalue weighted by molar-refractivity contribution is -0.141. The fraction of sp³-hybridized carbons (Fsp3) is 0.188. The zero-order chi connectivity index (χ0) is 18.9. The number of pyridine rings is 1. The maximum absolute atomic E-state index is 12.8. The first-order chi connectivity index (χ1) is 12.3. The monoisotopic (exact) mass is 366 g/mol. The first-order valence-electron chi connectivity index (χ1n) is 7.34. The molecule has 10 heteroatoms. The van der Waals surface area contributed by atoms with Crippen LogP contribution in [0.4, 0.5) is 18.9 Å². The molecular formula is C16H13F3N4O3. The number of aromatic nitrogens is 3. The van der Waals surface area contributed by atoms with Crippen molar-refractivity contribution in [1.82, 2.24) is 15.2 Å². The van der Waals surface area contributed by atoms with Crippen molar-refractivity contribution in [3.8, 4) is 0 Å². The van der Waals surface area contributed by atoms with Gasteiger partial charge in [0.05, 0.1) is 35.8 Å². The molecule has 2 heterocycles. The molecule has 136 valence electrons. The number of ether oxygens (including phenoxy) is 1. The Morgan fingerprint density at radius 3 is 2.81 bits per heavy atom. The van der Waals surface area contributed by atoms with Crippen molar-refractivity contribution in [3.63, 3.8) is 0 Å². The van der Waals surface area contributed by atoms with Gasteiger partial charge in [-0.3, -0.25) is 5.10 Å². The first-order valence-corrected chi connectivity index (χ1v) is 7.34. The van der Waals surface area contributed by atoms with Crippen LogP contribution in [0.25, 0.3) is 10.9 Å². The molecule has 0 aliphatic rings. The zero-order valence-corrected chi connectivity index (χ0v) is 13.3. The number of carbonyl (C=O) groups excluding carboxylic acids is 1. The number of fused-ring (bicyclic) bond motifs is 1. The number of aliphatic hydroxyl groups excluding tert-OH is 1. The van der Waals surface area contributed by atoms with Crippen LogP contribution >= 0.6 is 0 Å². The number of benzene rings is 1. The average molecular weight is 366 g/mol. The molecule has 0 radical (unpaired) electrons. The number of hydrogen-bond donors (Lipinski definition) is 3. The molecule has 1 aromatic carbocycles. The zero-order valence-electron chi connectivity index (χ0n) is 13.3. The van der Waals surface area contributed by atoms with Crippen LogP contribution in [0.5, 0.6) is 0 Å². The van der Waals surface area contributed by atoms with Gasteiger partial charge in [0.1, 0.15) is 5.69 Å². The average Bonchev–Trinajstić information content (AvgIpc) is 3.07. The van der Waals surface area contributed by atoms with Gasteiger partial charge in [-0.25, -0.2) is 9.78 Å². The van der Waals surface area contributed by atoms with Crippen LogP contribution < -0.4 is 5.32 Å². The van der Waals surface area contributed by atoms with Gasteiger partial charge >= 0.3 is 12.1 Å². The lowest BCUT2D eigenvalue weighted by Crippen LogP contribution is -2.17. The highest BCUT2D eigenvalue weighted by atomic mass is 19.4. The summed E-state index contributed by atoms with van der Waals surface area (Å²) in [4.78, 5) is 15.4. The third kappa shape index (κ3) is 3.45. The lowest BCUT2D eigenvalue weighted by atomic mass is 10.1. The molecule has 7 nitrogen and oxygen atoms in total. The van der Waals surface area contributed by atoms with Crippen LogP contribution in [0, 0.1) is 0 Å². The summed E-state index contributed by atoms with van der Waals surface area (Å²) in [6.45, 7) is 0. The fourth-order valence-corrected chi connectivity index (χ4v) is 2.37. The largest absolute Gasteiger partial charge is 0.465 e. The Morgan fingerprint density at radius 1 is 1.35 bits per heavy atom. The van der Waals surface area contributed by atoms with Crippen LogP contribution in [0.1, 0.15) is 28.0 Å². The van der Waals surface area contributed by atoms with Crippen molar-refractivity contribution < 1.29 is 27.8 Å². The first kappa shape index (κ1) is 17.7. The highest BCUT2D eigenvalue weighted by molar-refractivity contribution is 6.00. The van der Waals surface area contributed by atoms with Gasteiger partial charge in [-0.15, -0.1) is 0 Å². The van der Waals surface area contributed by atoms with Crippen molar-refractivity contribution in [2.45, 2.75) is 12.4 Å². The Bertz CT molecular complexity index is 955. The van der Waals surface area contributed by atoms with E-state index in [1.807, 2.05) is 0 Å². The van der Waals surface area contributed by atoms with Crippen molar-refractivity contribution in [2.75, 3.05) is 12.4 Å². The Balaban J connectivity index is 1.96. The number of anilines is 1. The summed E-state index contributed by atoms with van der Waals surface area (Å²) >= 11 is 0. The van der Waals surface area contributed by atoms with Gasteiger partial charge in [-0.05, 0) is 24.3 Å². The third-order valence-electron chi connectivity index (χ3n) is 3.62. The summed E-state index contributed by atoms with van der Waals surface area (Å²) in [5.41, 5.74) is -0.576. The highest BCUT2D eigenvalue weighted by Crippen LogP contribution is 2.30. The van der Waals surface area contributed by atoms with Crippen LogP contribution in [-0.4, -0.2) is 33.4 Å². The van der Waals surface area contributed by atoms with E-state index >= 15 is 0 Å². The molecule has 26 heavy (non-hydrogen) atoms. The Hall–Kier alpha value is -3.14. The number of esters is 1. The maximum atomic E-state index is 12.8. The molecule has 0 saturated carbocycles. The van der Waals surface area contributed by atoms with E-state index < -0.39 is 24.1 Å². The van der Waals surface area contributed by atoms with Crippen molar-refractivity contribution in [1.29, 1.82) is 0 Å². The number of rotatable bonds is 4. The Morgan fingerprint density at radius 2 is 2.12 bits per heavy atom. The number of alkyl halides is 3. The normalized spacial score (nSPS) is 12.8. The lowest BCUT2D eigenvalue weighted by Gasteiger charge is -2.17. The van der Waals surface area contributed by atoms with Gasteiger partial charge in [-0.1, -0.05) is 6.07 Å². The second-order valence-corrected chi connectivity index (χ2v) is 5.34. The Kier molecular flexibility index (Phi) is 4.51. The Labute approximate surface area is 144 Å². The van der Waals surface area contributed by atoms with Gasteiger partial charge in [0.25, 0.3) is 0 Å². The summed E-state index contributed by atoms with van der Waals surface area (Å²) in [6.07, 6.45) is -4.72. The molecule has 3 aromatic rings. The predicted molar refractivity (Wildman–Crippen MR) is 85.3 cm³/mol. The van der Waals surface area contributed by atoms with Crippen molar-refractivity contribution in [3.05, 3.63) is 53.5 Å². The molecule has 0 bridgehead atoms. The van der Waals surface area contributed by atoms with Crippen molar-refractivity contribution >= 4 is 22.6 Å². The molecular weight excluding hydrogens is 353 g/mol. The molecule has 1 atom stereocenters. The molecule has 2 aromatic heterocycles. The van der Waals surface area contributed by atoms with Crippen molar-refractivity contribution in [2.24, 2.45) is 0 Å². The third-order valence-corrected chi connectivity index (χ3v) is 3.62. The summed E-state index contributed by atoms with van der Waals surface area (Å²) in [5.74, 6) is -0.687. The second-order valence-electron chi connectivity index (χ2n) is 5.34.